The Hall–Kier alpha value is -1.86. The first-order valence-electron chi connectivity index (χ1n) is 6.64. The van der Waals surface area contributed by atoms with Gasteiger partial charge in [0.2, 0.25) is 10.0 Å². The van der Waals surface area contributed by atoms with Crippen molar-refractivity contribution in [3.8, 4) is 5.75 Å². The van der Waals surface area contributed by atoms with E-state index in [1.807, 2.05) is 19.9 Å². The molecule has 1 unspecified atom stereocenters. The van der Waals surface area contributed by atoms with Crippen molar-refractivity contribution in [3.63, 3.8) is 0 Å². The van der Waals surface area contributed by atoms with Crippen molar-refractivity contribution in [3.05, 3.63) is 42.0 Å². The summed E-state index contributed by atoms with van der Waals surface area (Å²) in [5.74, 6) is 0.912. The van der Waals surface area contributed by atoms with Gasteiger partial charge in [-0.1, -0.05) is 13.0 Å². The molecule has 1 aromatic heterocycles. The summed E-state index contributed by atoms with van der Waals surface area (Å²) in [7, 11) is -2.25. The number of aromatic nitrogens is 2. The minimum Gasteiger partial charge on any atom is -0.495 e. The highest BCUT2D eigenvalue weighted by molar-refractivity contribution is 7.89. The van der Waals surface area contributed by atoms with Gasteiger partial charge >= 0.3 is 0 Å². The third-order valence-corrected chi connectivity index (χ3v) is 4.66. The van der Waals surface area contributed by atoms with Crippen LogP contribution in [0.2, 0.25) is 0 Å². The maximum Gasteiger partial charge on any atom is 0.244 e. The number of aromatic amines is 1. The minimum absolute atomic E-state index is 0.134. The number of imidazole rings is 1. The molecule has 0 bridgehead atoms. The van der Waals surface area contributed by atoms with Gasteiger partial charge in [0.05, 0.1) is 13.2 Å². The molecule has 7 heteroatoms. The van der Waals surface area contributed by atoms with Crippen molar-refractivity contribution in [1.82, 2.24) is 14.7 Å². The molecule has 2 rings (SSSR count). The van der Waals surface area contributed by atoms with E-state index in [9.17, 15) is 8.42 Å². The summed E-state index contributed by atoms with van der Waals surface area (Å²) < 4.78 is 33.0. The van der Waals surface area contributed by atoms with E-state index in [0.29, 0.717) is 18.0 Å². The number of hydrogen-bond donors (Lipinski definition) is 2. The van der Waals surface area contributed by atoms with Crippen LogP contribution in [0.4, 0.5) is 0 Å². The van der Waals surface area contributed by atoms with Crippen LogP contribution in [0, 0.1) is 6.92 Å². The summed E-state index contributed by atoms with van der Waals surface area (Å²) in [5, 5.41) is 0. The summed E-state index contributed by atoms with van der Waals surface area (Å²) in [6, 6.07) is 4.64. The van der Waals surface area contributed by atoms with Crippen molar-refractivity contribution in [2.75, 3.05) is 7.11 Å². The van der Waals surface area contributed by atoms with Crippen LogP contribution in [0.1, 0.15) is 30.8 Å². The summed E-state index contributed by atoms with van der Waals surface area (Å²) in [6.07, 6.45) is 3.85. The number of methoxy groups -OCH3 is 1. The Balaban J connectivity index is 2.36. The molecule has 21 heavy (non-hydrogen) atoms. The van der Waals surface area contributed by atoms with Gasteiger partial charge in [-0.3, -0.25) is 0 Å². The molecule has 0 saturated carbocycles. The second-order valence-electron chi connectivity index (χ2n) is 4.71. The molecule has 2 N–H and O–H groups in total. The normalized spacial score (nSPS) is 13.1. The summed E-state index contributed by atoms with van der Waals surface area (Å²) in [5.41, 5.74) is 0.849. The molecule has 2 aromatic rings. The van der Waals surface area contributed by atoms with Gasteiger partial charge in [0.15, 0.2) is 0 Å². The zero-order chi connectivity index (χ0) is 15.5. The van der Waals surface area contributed by atoms with Crippen LogP contribution in [0.25, 0.3) is 0 Å². The molecule has 0 aliphatic rings. The van der Waals surface area contributed by atoms with E-state index in [2.05, 4.69) is 14.7 Å². The molecule has 0 spiro atoms. The molecule has 0 amide bonds. The Morgan fingerprint density at radius 1 is 1.43 bits per heavy atom. The molecule has 0 fully saturated rings. The summed E-state index contributed by atoms with van der Waals surface area (Å²) >= 11 is 0. The average molecular weight is 309 g/mol. The fraction of sp³-hybridized carbons (Fsp3) is 0.357. The largest absolute Gasteiger partial charge is 0.495 e. The predicted molar refractivity (Wildman–Crippen MR) is 79.7 cm³/mol. The molecular weight excluding hydrogens is 290 g/mol. The van der Waals surface area contributed by atoms with Crippen LogP contribution in [-0.2, 0) is 10.0 Å². The quantitative estimate of drug-likeness (QED) is 0.856. The van der Waals surface area contributed by atoms with E-state index >= 15 is 0 Å². The van der Waals surface area contributed by atoms with E-state index in [1.54, 1.807) is 24.5 Å². The van der Waals surface area contributed by atoms with Crippen LogP contribution in [-0.4, -0.2) is 25.5 Å². The molecule has 114 valence electrons. The van der Waals surface area contributed by atoms with Gasteiger partial charge in [-0.15, -0.1) is 0 Å². The molecule has 1 heterocycles. The third kappa shape index (κ3) is 3.43. The van der Waals surface area contributed by atoms with Crippen LogP contribution in [0.15, 0.2) is 35.5 Å². The topological polar surface area (TPSA) is 84.1 Å². The summed E-state index contributed by atoms with van der Waals surface area (Å²) in [6.45, 7) is 3.73. The maximum absolute atomic E-state index is 12.6. The molecular formula is C14H19N3O3S. The van der Waals surface area contributed by atoms with Crippen molar-refractivity contribution in [2.24, 2.45) is 0 Å². The standard InChI is InChI=1S/C14H19N3O3S/c1-4-11(14-15-7-8-16-14)17-21(18,19)13-9-10(2)5-6-12(13)20-3/h5-9,11,17H,4H2,1-3H3,(H,15,16). The Bertz CT molecular complexity index is 696. The van der Waals surface area contributed by atoms with Crippen LogP contribution in [0.5, 0.6) is 5.75 Å². The van der Waals surface area contributed by atoms with E-state index in [4.69, 9.17) is 4.74 Å². The van der Waals surface area contributed by atoms with Crippen LogP contribution < -0.4 is 9.46 Å². The summed E-state index contributed by atoms with van der Waals surface area (Å²) in [4.78, 5) is 7.18. The highest BCUT2D eigenvalue weighted by Gasteiger charge is 2.24. The Labute approximate surface area is 124 Å². The first-order chi connectivity index (χ1) is 9.97. The van der Waals surface area contributed by atoms with Gasteiger partial charge in [0.25, 0.3) is 0 Å². The number of H-pyrrole nitrogens is 1. The van der Waals surface area contributed by atoms with Gasteiger partial charge in [0, 0.05) is 12.4 Å². The molecule has 1 atom stereocenters. The molecule has 0 radical (unpaired) electrons. The maximum atomic E-state index is 12.6. The van der Waals surface area contributed by atoms with Crippen molar-refractivity contribution in [2.45, 2.75) is 31.2 Å². The van der Waals surface area contributed by atoms with Gasteiger partial charge in [-0.05, 0) is 31.0 Å². The molecule has 0 saturated heterocycles. The first-order valence-corrected chi connectivity index (χ1v) is 8.12. The second-order valence-corrected chi connectivity index (χ2v) is 6.39. The third-order valence-electron chi connectivity index (χ3n) is 3.16. The predicted octanol–water partition coefficient (Wildman–Crippen LogP) is 2.16. The molecule has 1 aromatic carbocycles. The number of hydrogen-bond acceptors (Lipinski definition) is 4. The number of aryl methyl sites for hydroxylation is 1. The lowest BCUT2D eigenvalue weighted by Gasteiger charge is -2.17. The number of ether oxygens (including phenoxy) is 1. The number of sulfonamides is 1. The molecule has 0 aliphatic carbocycles. The fourth-order valence-corrected chi connectivity index (χ4v) is 3.58. The van der Waals surface area contributed by atoms with E-state index in [0.717, 1.165) is 5.56 Å². The van der Waals surface area contributed by atoms with Crippen molar-refractivity contribution in [1.29, 1.82) is 0 Å². The van der Waals surface area contributed by atoms with Gasteiger partial charge < -0.3 is 9.72 Å². The Morgan fingerprint density at radius 3 is 2.76 bits per heavy atom. The van der Waals surface area contributed by atoms with Crippen LogP contribution in [0.3, 0.4) is 0 Å². The molecule has 6 nitrogen and oxygen atoms in total. The van der Waals surface area contributed by atoms with Crippen LogP contribution >= 0.6 is 0 Å². The smallest absolute Gasteiger partial charge is 0.244 e. The molecule has 0 aliphatic heterocycles. The highest BCUT2D eigenvalue weighted by atomic mass is 32.2. The lowest BCUT2D eigenvalue weighted by Crippen LogP contribution is -2.29. The van der Waals surface area contributed by atoms with Gasteiger partial charge in [-0.25, -0.2) is 18.1 Å². The number of nitrogens with one attached hydrogen (secondary N) is 2. The Kier molecular flexibility index (Phi) is 4.64. The SMILES string of the molecule is CCC(NS(=O)(=O)c1cc(C)ccc1OC)c1ncc[nH]1. The zero-order valence-corrected chi connectivity index (χ0v) is 13.1. The Morgan fingerprint density at radius 2 is 2.19 bits per heavy atom. The number of rotatable bonds is 6. The lowest BCUT2D eigenvalue weighted by molar-refractivity contribution is 0.401. The van der Waals surface area contributed by atoms with E-state index in [-0.39, 0.29) is 4.90 Å². The first kappa shape index (κ1) is 15.5. The van der Waals surface area contributed by atoms with E-state index in [1.165, 1.54) is 7.11 Å². The van der Waals surface area contributed by atoms with Gasteiger partial charge in [0.1, 0.15) is 16.5 Å². The van der Waals surface area contributed by atoms with Crippen molar-refractivity contribution < 1.29 is 13.2 Å². The highest BCUT2D eigenvalue weighted by Crippen LogP contribution is 2.26. The monoisotopic (exact) mass is 309 g/mol. The van der Waals surface area contributed by atoms with Gasteiger partial charge in [-0.2, -0.15) is 0 Å². The lowest BCUT2D eigenvalue weighted by atomic mass is 10.2. The van der Waals surface area contributed by atoms with E-state index < -0.39 is 16.1 Å². The van der Waals surface area contributed by atoms with Crippen molar-refractivity contribution >= 4 is 10.0 Å². The number of benzene rings is 1. The fourth-order valence-electron chi connectivity index (χ4n) is 2.05. The zero-order valence-electron chi connectivity index (χ0n) is 12.3. The number of nitrogens with zero attached hydrogens (tertiary/aromatic N) is 1. The minimum atomic E-state index is -3.70. The second kappa shape index (κ2) is 6.28. The average Bonchev–Trinajstić information content (AvgIpc) is 2.99.